The van der Waals surface area contributed by atoms with E-state index in [0.29, 0.717) is 23.7 Å². The zero-order chi connectivity index (χ0) is 25.3. The molecular weight excluding hydrogens is 467 g/mol. The van der Waals surface area contributed by atoms with Crippen LogP contribution in [-0.2, 0) is 6.18 Å². The Labute approximate surface area is 206 Å². The molecule has 0 fully saturated rings. The van der Waals surface area contributed by atoms with Crippen LogP contribution in [0, 0.1) is 0 Å². The second kappa shape index (κ2) is 9.50. The smallest absolute Gasteiger partial charge is 0.416 e. The molecule has 3 aromatic heterocycles. The van der Waals surface area contributed by atoms with Gasteiger partial charge in [0.25, 0.3) is 0 Å². The Morgan fingerprint density at radius 1 is 1.00 bits per heavy atom. The molecule has 1 N–H and O–H groups in total. The SMILES string of the molecule is CN(C)[C@H](CNc1ncnc2c1c(-c1ccccc1)cn2-c1cccc(C(F)(F)F)c1)c1ccco1. The topological polar surface area (TPSA) is 59.1 Å². The third-order valence-electron chi connectivity index (χ3n) is 6.08. The molecule has 36 heavy (non-hydrogen) atoms. The summed E-state index contributed by atoms with van der Waals surface area (Å²) in [7, 11) is 3.92. The van der Waals surface area contributed by atoms with E-state index in [0.717, 1.165) is 34.4 Å². The van der Waals surface area contributed by atoms with Gasteiger partial charge in [-0.15, -0.1) is 0 Å². The predicted octanol–water partition coefficient (Wildman–Crippen LogP) is 6.41. The van der Waals surface area contributed by atoms with E-state index in [1.54, 1.807) is 16.9 Å². The molecule has 0 radical (unpaired) electrons. The van der Waals surface area contributed by atoms with Gasteiger partial charge in [-0.2, -0.15) is 13.2 Å². The van der Waals surface area contributed by atoms with Gasteiger partial charge in [0.05, 0.1) is 23.3 Å². The number of anilines is 1. The van der Waals surface area contributed by atoms with Crippen molar-refractivity contribution in [1.29, 1.82) is 0 Å². The quantitative estimate of drug-likeness (QED) is 0.285. The first-order chi connectivity index (χ1) is 17.3. The summed E-state index contributed by atoms with van der Waals surface area (Å²) in [6.45, 7) is 0.496. The van der Waals surface area contributed by atoms with Gasteiger partial charge in [-0.1, -0.05) is 36.4 Å². The van der Waals surface area contributed by atoms with Crippen molar-refractivity contribution in [2.24, 2.45) is 0 Å². The number of halogens is 3. The summed E-state index contributed by atoms with van der Waals surface area (Å²) < 4.78 is 47.6. The average Bonchev–Trinajstić information content (AvgIpc) is 3.53. The van der Waals surface area contributed by atoms with Crippen molar-refractivity contribution in [3.8, 4) is 16.8 Å². The third-order valence-corrected chi connectivity index (χ3v) is 6.08. The van der Waals surface area contributed by atoms with Crippen LogP contribution >= 0.6 is 0 Å². The van der Waals surface area contributed by atoms with E-state index in [-0.39, 0.29) is 6.04 Å². The number of hydrogen-bond acceptors (Lipinski definition) is 5. The number of likely N-dealkylation sites (N-methyl/N-ethyl adjacent to an activating group) is 1. The number of rotatable bonds is 7. The van der Waals surface area contributed by atoms with Crippen molar-refractivity contribution >= 4 is 16.9 Å². The summed E-state index contributed by atoms with van der Waals surface area (Å²) in [4.78, 5) is 11.0. The lowest BCUT2D eigenvalue weighted by Crippen LogP contribution is -2.26. The van der Waals surface area contributed by atoms with Crippen LogP contribution in [0.4, 0.5) is 19.0 Å². The number of furan rings is 1. The van der Waals surface area contributed by atoms with Gasteiger partial charge in [0, 0.05) is 24.0 Å². The molecule has 0 aliphatic carbocycles. The highest BCUT2D eigenvalue weighted by Crippen LogP contribution is 2.37. The fraction of sp³-hybridized carbons (Fsp3) is 0.185. The van der Waals surface area contributed by atoms with E-state index in [4.69, 9.17) is 4.42 Å². The second-order valence-electron chi connectivity index (χ2n) is 8.62. The molecule has 6 nitrogen and oxygen atoms in total. The van der Waals surface area contributed by atoms with Gasteiger partial charge in [0.2, 0.25) is 0 Å². The lowest BCUT2D eigenvalue weighted by atomic mass is 10.1. The lowest BCUT2D eigenvalue weighted by molar-refractivity contribution is -0.137. The summed E-state index contributed by atoms with van der Waals surface area (Å²) in [6.07, 6.45) is 0.416. The number of nitrogens with zero attached hydrogens (tertiary/aromatic N) is 4. The van der Waals surface area contributed by atoms with Crippen LogP contribution in [0.3, 0.4) is 0 Å². The Hall–Kier alpha value is -4.11. The maximum Gasteiger partial charge on any atom is 0.416 e. The molecule has 0 aliphatic rings. The Kier molecular flexibility index (Phi) is 6.24. The van der Waals surface area contributed by atoms with Crippen molar-refractivity contribution < 1.29 is 17.6 Å². The largest absolute Gasteiger partial charge is 0.468 e. The Morgan fingerprint density at radius 2 is 1.81 bits per heavy atom. The fourth-order valence-corrected chi connectivity index (χ4v) is 4.27. The maximum absolute atomic E-state index is 13.4. The first kappa shape index (κ1) is 23.6. The highest BCUT2D eigenvalue weighted by molar-refractivity contribution is 6.02. The highest BCUT2D eigenvalue weighted by Gasteiger charge is 2.31. The second-order valence-corrected chi connectivity index (χ2v) is 8.62. The molecule has 5 rings (SSSR count). The molecule has 0 amide bonds. The molecule has 3 heterocycles. The zero-order valence-electron chi connectivity index (χ0n) is 19.7. The Balaban J connectivity index is 1.63. The lowest BCUT2D eigenvalue weighted by Gasteiger charge is -2.23. The van der Waals surface area contributed by atoms with Gasteiger partial charge >= 0.3 is 6.18 Å². The van der Waals surface area contributed by atoms with Gasteiger partial charge in [-0.05, 0) is 50.0 Å². The van der Waals surface area contributed by atoms with Gasteiger partial charge in [-0.3, -0.25) is 4.90 Å². The minimum Gasteiger partial charge on any atom is -0.468 e. The average molecular weight is 492 g/mol. The minimum absolute atomic E-state index is 0.0595. The Morgan fingerprint density at radius 3 is 2.50 bits per heavy atom. The molecule has 0 bridgehead atoms. The van der Waals surface area contributed by atoms with E-state index >= 15 is 0 Å². The zero-order valence-corrected chi connectivity index (χ0v) is 19.7. The highest BCUT2D eigenvalue weighted by atomic mass is 19.4. The number of benzene rings is 2. The summed E-state index contributed by atoms with van der Waals surface area (Å²) in [5, 5.41) is 4.14. The van der Waals surface area contributed by atoms with E-state index < -0.39 is 11.7 Å². The number of nitrogens with one attached hydrogen (secondary N) is 1. The number of fused-ring (bicyclic) bond motifs is 1. The summed E-state index contributed by atoms with van der Waals surface area (Å²) in [6, 6.07) is 18.6. The molecule has 0 saturated carbocycles. The molecule has 0 aliphatic heterocycles. The monoisotopic (exact) mass is 491 g/mol. The van der Waals surface area contributed by atoms with Crippen LogP contribution in [0.5, 0.6) is 0 Å². The molecule has 0 unspecified atom stereocenters. The summed E-state index contributed by atoms with van der Waals surface area (Å²) in [5.74, 6) is 1.39. The van der Waals surface area contributed by atoms with Crippen LogP contribution in [0.15, 0.2) is 89.9 Å². The molecule has 0 saturated heterocycles. The molecule has 2 aromatic carbocycles. The maximum atomic E-state index is 13.4. The minimum atomic E-state index is -4.45. The number of hydrogen-bond donors (Lipinski definition) is 1. The van der Waals surface area contributed by atoms with Crippen LogP contribution < -0.4 is 5.32 Å². The van der Waals surface area contributed by atoms with Crippen molar-refractivity contribution in [3.63, 3.8) is 0 Å². The summed E-state index contributed by atoms with van der Waals surface area (Å²) >= 11 is 0. The van der Waals surface area contributed by atoms with E-state index in [9.17, 15) is 13.2 Å². The van der Waals surface area contributed by atoms with Crippen LogP contribution in [0.25, 0.3) is 27.8 Å². The van der Waals surface area contributed by atoms with Gasteiger partial charge in [0.1, 0.15) is 17.9 Å². The standard InChI is InChI=1S/C27H24F3N5O/c1-34(2)22(23-12-7-13-36-23)15-31-25-24-21(18-8-4-3-5-9-18)16-35(26(24)33-17-32-25)20-11-6-10-19(14-20)27(28,29)30/h3-14,16-17,22H,15H2,1-2H3,(H,31,32,33)/t22-/m1/s1. The predicted molar refractivity (Wildman–Crippen MR) is 133 cm³/mol. The van der Waals surface area contributed by atoms with E-state index in [2.05, 4.69) is 15.3 Å². The molecule has 0 spiro atoms. The summed E-state index contributed by atoms with van der Waals surface area (Å²) in [5.41, 5.74) is 1.86. The molecule has 184 valence electrons. The van der Waals surface area contributed by atoms with Gasteiger partial charge < -0.3 is 14.3 Å². The van der Waals surface area contributed by atoms with E-state index in [1.165, 1.54) is 12.4 Å². The van der Waals surface area contributed by atoms with Gasteiger partial charge in [-0.25, -0.2) is 9.97 Å². The van der Waals surface area contributed by atoms with Crippen LogP contribution in [0.1, 0.15) is 17.4 Å². The number of aromatic nitrogens is 3. The van der Waals surface area contributed by atoms with Crippen molar-refractivity contribution in [2.75, 3.05) is 26.0 Å². The van der Waals surface area contributed by atoms with Crippen molar-refractivity contribution in [3.05, 3.63) is 96.8 Å². The van der Waals surface area contributed by atoms with Crippen LogP contribution in [0.2, 0.25) is 0 Å². The van der Waals surface area contributed by atoms with Crippen LogP contribution in [-0.4, -0.2) is 40.1 Å². The number of alkyl halides is 3. The third kappa shape index (κ3) is 4.57. The molecular formula is C27H24F3N5O. The van der Waals surface area contributed by atoms with E-state index in [1.807, 2.05) is 67.7 Å². The first-order valence-electron chi connectivity index (χ1n) is 11.4. The molecule has 1 atom stereocenters. The fourth-order valence-electron chi connectivity index (χ4n) is 4.27. The molecule has 9 heteroatoms. The van der Waals surface area contributed by atoms with Crippen molar-refractivity contribution in [2.45, 2.75) is 12.2 Å². The van der Waals surface area contributed by atoms with Gasteiger partial charge in [0.15, 0.2) is 5.65 Å². The Bertz CT molecular complexity index is 1460. The molecule has 5 aromatic rings. The first-order valence-corrected chi connectivity index (χ1v) is 11.4. The normalized spacial score (nSPS) is 12.8. The van der Waals surface area contributed by atoms with Crippen molar-refractivity contribution in [1.82, 2.24) is 19.4 Å².